The van der Waals surface area contributed by atoms with Crippen LogP contribution >= 0.6 is 11.8 Å². The van der Waals surface area contributed by atoms with Gasteiger partial charge in [-0.2, -0.15) is 11.8 Å². The monoisotopic (exact) mass is 244 g/mol. The zero-order valence-corrected chi connectivity index (χ0v) is 10.6. The van der Waals surface area contributed by atoms with Crippen LogP contribution in [-0.2, 0) is 6.61 Å². The number of aliphatic hydroxyl groups excluding tert-OH is 1. The summed E-state index contributed by atoms with van der Waals surface area (Å²) < 4.78 is 13.0. The van der Waals surface area contributed by atoms with Crippen molar-refractivity contribution in [3.8, 4) is 0 Å². The zero-order chi connectivity index (χ0) is 12.1. The summed E-state index contributed by atoms with van der Waals surface area (Å²) >= 11 is 1.74. The lowest BCUT2D eigenvalue weighted by Gasteiger charge is -2.27. The summed E-state index contributed by atoms with van der Waals surface area (Å²) in [6, 6.07) is 1.61. The average Bonchev–Trinajstić information content (AvgIpc) is 2.28. The topological polar surface area (TPSA) is 36.4 Å². The minimum absolute atomic E-state index is 0.198. The number of anilines is 1. The molecule has 3 nitrogen and oxygen atoms in total. The lowest BCUT2D eigenvalue weighted by Crippen LogP contribution is -2.32. The second-order valence-corrected chi connectivity index (χ2v) is 4.62. The summed E-state index contributed by atoms with van der Waals surface area (Å²) in [5, 5.41) is 9.16. The normalized spacial score (nSPS) is 12.6. The molecule has 16 heavy (non-hydrogen) atoms. The van der Waals surface area contributed by atoms with Crippen LogP contribution in [0.1, 0.15) is 12.5 Å². The van der Waals surface area contributed by atoms with Gasteiger partial charge < -0.3 is 10.0 Å². The van der Waals surface area contributed by atoms with E-state index in [1.807, 2.05) is 18.2 Å². The number of rotatable bonds is 5. The lowest BCUT2D eigenvalue weighted by molar-refractivity contribution is 0.281. The van der Waals surface area contributed by atoms with Crippen LogP contribution in [0.15, 0.2) is 12.3 Å². The highest BCUT2D eigenvalue weighted by molar-refractivity contribution is 7.98. The molecular weight excluding hydrogens is 227 g/mol. The minimum atomic E-state index is -0.418. The van der Waals surface area contributed by atoms with Crippen LogP contribution in [0.4, 0.5) is 10.2 Å². The molecule has 1 heterocycles. The van der Waals surface area contributed by atoms with Crippen LogP contribution in [0.25, 0.3) is 0 Å². The number of halogens is 1. The van der Waals surface area contributed by atoms with E-state index in [4.69, 9.17) is 5.11 Å². The number of pyridine rings is 1. The molecule has 0 spiro atoms. The summed E-state index contributed by atoms with van der Waals surface area (Å²) in [6.07, 6.45) is 3.21. The number of thioether (sulfide) groups is 1. The highest BCUT2D eigenvalue weighted by Gasteiger charge is 2.14. The van der Waals surface area contributed by atoms with Crippen LogP contribution in [0.5, 0.6) is 0 Å². The molecule has 0 aliphatic heterocycles. The fourth-order valence-corrected chi connectivity index (χ4v) is 2.18. The molecule has 1 rings (SSSR count). The predicted molar refractivity (Wildman–Crippen MR) is 66.4 cm³/mol. The molecule has 1 atom stereocenters. The maximum Gasteiger partial charge on any atom is 0.142 e. The molecule has 90 valence electrons. The Bertz CT molecular complexity index is 349. The molecule has 0 aliphatic carbocycles. The summed E-state index contributed by atoms with van der Waals surface area (Å²) in [7, 11) is 1.90. The van der Waals surface area contributed by atoms with E-state index >= 15 is 0 Å². The van der Waals surface area contributed by atoms with E-state index in [1.54, 1.807) is 11.8 Å². The van der Waals surface area contributed by atoms with E-state index < -0.39 is 5.82 Å². The van der Waals surface area contributed by atoms with Crippen molar-refractivity contribution < 1.29 is 9.50 Å². The van der Waals surface area contributed by atoms with E-state index in [-0.39, 0.29) is 6.61 Å². The molecule has 0 fully saturated rings. The maximum atomic E-state index is 13.0. The number of aliphatic hydroxyl groups is 1. The first-order valence-corrected chi connectivity index (χ1v) is 6.46. The Kier molecular flexibility index (Phi) is 5.02. The third kappa shape index (κ3) is 3.09. The SMILES string of the molecule is CSCC(C)N(C)c1ncc(F)cc1CO. The molecule has 0 aromatic carbocycles. The Balaban J connectivity index is 2.93. The molecule has 0 radical (unpaired) electrons. The smallest absolute Gasteiger partial charge is 0.142 e. The van der Waals surface area contributed by atoms with Crippen molar-refractivity contribution >= 4 is 17.6 Å². The van der Waals surface area contributed by atoms with Gasteiger partial charge in [-0.15, -0.1) is 0 Å². The van der Waals surface area contributed by atoms with Crippen LogP contribution in [0.2, 0.25) is 0 Å². The van der Waals surface area contributed by atoms with Crippen LogP contribution in [0, 0.1) is 5.82 Å². The number of aromatic nitrogens is 1. The summed E-state index contributed by atoms with van der Waals surface area (Å²) in [6.45, 7) is 1.87. The van der Waals surface area contributed by atoms with Gasteiger partial charge in [0.2, 0.25) is 0 Å². The second-order valence-electron chi connectivity index (χ2n) is 3.71. The first-order valence-electron chi connectivity index (χ1n) is 5.07. The molecule has 1 N–H and O–H groups in total. The van der Waals surface area contributed by atoms with Gasteiger partial charge >= 0.3 is 0 Å². The molecule has 0 aliphatic rings. The highest BCUT2D eigenvalue weighted by Crippen LogP contribution is 2.20. The standard InChI is InChI=1S/C11H17FN2OS/c1-8(7-16-3)14(2)11-9(6-15)4-10(12)5-13-11/h4-5,8,15H,6-7H2,1-3H3. The van der Waals surface area contributed by atoms with Crippen molar-refractivity contribution in [2.75, 3.05) is 24.0 Å². The fourth-order valence-electron chi connectivity index (χ4n) is 1.47. The largest absolute Gasteiger partial charge is 0.392 e. The maximum absolute atomic E-state index is 13.0. The van der Waals surface area contributed by atoms with Gasteiger partial charge in [0.15, 0.2) is 0 Å². The van der Waals surface area contributed by atoms with Gasteiger partial charge in [0.25, 0.3) is 0 Å². The predicted octanol–water partition coefficient (Wildman–Crippen LogP) is 1.90. The van der Waals surface area contributed by atoms with Crippen molar-refractivity contribution in [1.82, 2.24) is 4.98 Å². The molecule has 1 unspecified atom stereocenters. The zero-order valence-electron chi connectivity index (χ0n) is 9.77. The number of hydrogen-bond donors (Lipinski definition) is 1. The quantitative estimate of drug-likeness (QED) is 0.858. The van der Waals surface area contributed by atoms with Gasteiger partial charge in [-0.25, -0.2) is 9.37 Å². The van der Waals surface area contributed by atoms with Gasteiger partial charge in [0.1, 0.15) is 11.6 Å². The summed E-state index contributed by atoms with van der Waals surface area (Å²) in [4.78, 5) is 5.99. The number of nitrogens with zero attached hydrogens (tertiary/aromatic N) is 2. The van der Waals surface area contributed by atoms with Crippen molar-refractivity contribution in [1.29, 1.82) is 0 Å². The third-order valence-electron chi connectivity index (χ3n) is 2.48. The Labute approximate surface area is 99.7 Å². The van der Waals surface area contributed by atoms with Crippen LogP contribution in [0.3, 0.4) is 0 Å². The highest BCUT2D eigenvalue weighted by atomic mass is 32.2. The van der Waals surface area contributed by atoms with E-state index in [2.05, 4.69) is 11.9 Å². The van der Waals surface area contributed by atoms with Crippen LogP contribution in [-0.4, -0.2) is 35.2 Å². The Morgan fingerprint density at radius 3 is 2.88 bits per heavy atom. The van der Waals surface area contributed by atoms with Gasteiger partial charge in [-0.1, -0.05) is 0 Å². The Morgan fingerprint density at radius 2 is 2.31 bits per heavy atom. The Morgan fingerprint density at radius 1 is 1.62 bits per heavy atom. The van der Waals surface area contributed by atoms with E-state index in [0.717, 1.165) is 5.75 Å². The second kappa shape index (κ2) is 6.06. The lowest BCUT2D eigenvalue weighted by atomic mass is 10.2. The molecule has 0 saturated carbocycles. The molecule has 1 aromatic heterocycles. The molecule has 0 saturated heterocycles. The van der Waals surface area contributed by atoms with Crippen LogP contribution < -0.4 is 4.90 Å². The minimum Gasteiger partial charge on any atom is -0.392 e. The van der Waals surface area contributed by atoms with Gasteiger partial charge in [0.05, 0.1) is 12.8 Å². The molecule has 5 heteroatoms. The fraction of sp³-hybridized carbons (Fsp3) is 0.545. The molecule has 1 aromatic rings. The Hall–Kier alpha value is -0.810. The van der Waals surface area contributed by atoms with Gasteiger partial charge in [0, 0.05) is 24.4 Å². The van der Waals surface area contributed by atoms with Crippen molar-refractivity contribution in [2.45, 2.75) is 19.6 Å². The van der Waals surface area contributed by atoms with Gasteiger partial charge in [-0.05, 0) is 19.2 Å². The molecule has 0 amide bonds. The van der Waals surface area contributed by atoms with E-state index in [1.165, 1.54) is 12.3 Å². The third-order valence-corrected chi connectivity index (χ3v) is 3.30. The summed E-state index contributed by atoms with van der Waals surface area (Å²) in [5.74, 6) is 1.18. The van der Waals surface area contributed by atoms with Gasteiger partial charge in [-0.3, -0.25) is 0 Å². The van der Waals surface area contributed by atoms with Crippen molar-refractivity contribution in [2.24, 2.45) is 0 Å². The molecular formula is C11H17FN2OS. The van der Waals surface area contributed by atoms with Crippen molar-refractivity contribution in [3.63, 3.8) is 0 Å². The number of hydrogen-bond acceptors (Lipinski definition) is 4. The summed E-state index contributed by atoms with van der Waals surface area (Å²) in [5.41, 5.74) is 0.524. The first kappa shape index (κ1) is 13.3. The average molecular weight is 244 g/mol. The van der Waals surface area contributed by atoms with E-state index in [0.29, 0.717) is 17.4 Å². The molecule has 0 bridgehead atoms. The van der Waals surface area contributed by atoms with Crippen molar-refractivity contribution in [3.05, 3.63) is 23.6 Å². The first-order chi connectivity index (χ1) is 7.60. The van der Waals surface area contributed by atoms with E-state index in [9.17, 15) is 4.39 Å².